The number of fused-ring (bicyclic) bond motifs is 2. The molecular formula is C20H29ClN2O. The highest BCUT2D eigenvalue weighted by molar-refractivity contribution is 6.31. The van der Waals surface area contributed by atoms with Crippen molar-refractivity contribution in [2.24, 2.45) is 23.5 Å². The van der Waals surface area contributed by atoms with E-state index >= 15 is 0 Å². The van der Waals surface area contributed by atoms with Crippen molar-refractivity contribution < 1.29 is 4.79 Å². The number of nitrogens with one attached hydrogen (secondary N) is 1. The van der Waals surface area contributed by atoms with E-state index in [1.54, 1.807) is 0 Å². The van der Waals surface area contributed by atoms with E-state index in [9.17, 15) is 4.79 Å². The average molecular weight is 349 g/mol. The molecule has 2 saturated carbocycles. The van der Waals surface area contributed by atoms with Crippen molar-refractivity contribution in [1.82, 2.24) is 5.32 Å². The van der Waals surface area contributed by atoms with Crippen molar-refractivity contribution in [3.8, 4) is 0 Å². The van der Waals surface area contributed by atoms with E-state index in [1.165, 1.54) is 19.3 Å². The molecule has 0 radical (unpaired) electrons. The fourth-order valence-corrected chi connectivity index (χ4v) is 4.95. The van der Waals surface area contributed by atoms with Crippen LogP contribution in [-0.4, -0.2) is 18.5 Å². The Labute approximate surface area is 150 Å². The second-order valence-corrected chi connectivity index (χ2v) is 8.69. The Morgan fingerprint density at radius 2 is 1.88 bits per heavy atom. The van der Waals surface area contributed by atoms with Crippen LogP contribution in [0.5, 0.6) is 0 Å². The first kappa shape index (κ1) is 17.8. The molecule has 1 amide bonds. The van der Waals surface area contributed by atoms with Gasteiger partial charge in [-0.2, -0.15) is 0 Å². The second-order valence-electron chi connectivity index (χ2n) is 8.28. The summed E-state index contributed by atoms with van der Waals surface area (Å²) < 4.78 is 0. The Kier molecular flexibility index (Phi) is 5.22. The minimum Gasteiger partial charge on any atom is -0.355 e. The number of nitrogens with two attached hydrogens (primary N) is 1. The lowest BCUT2D eigenvalue weighted by Gasteiger charge is -2.43. The van der Waals surface area contributed by atoms with E-state index in [-0.39, 0.29) is 17.2 Å². The van der Waals surface area contributed by atoms with Crippen LogP contribution >= 0.6 is 11.6 Å². The highest BCUT2D eigenvalue weighted by Gasteiger charge is 2.40. The van der Waals surface area contributed by atoms with Gasteiger partial charge in [-0.1, -0.05) is 50.1 Å². The summed E-state index contributed by atoms with van der Waals surface area (Å²) in [5.74, 6) is 1.38. The van der Waals surface area contributed by atoms with Gasteiger partial charge in [0.25, 0.3) is 0 Å². The van der Waals surface area contributed by atoms with Crippen LogP contribution in [0, 0.1) is 17.8 Å². The molecule has 0 saturated heterocycles. The maximum Gasteiger partial charge on any atom is 0.223 e. The topological polar surface area (TPSA) is 55.1 Å². The third-order valence-electron chi connectivity index (χ3n) is 6.09. The summed E-state index contributed by atoms with van der Waals surface area (Å²) in [4.78, 5) is 12.7. The molecule has 1 aromatic carbocycles. The fraction of sp³-hybridized carbons (Fsp3) is 0.650. The lowest BCUT2D eigenvalue weighted by Crippen LogP contribution is -2.50. The third-order valence-corrected chi connectivity index (χ3v) is 6.42. The molecule has 24 heavy (non-hydrogen) atoms. The van der Waals surface area contributed by atoms with Crippen molar-refractivity contribution in [3.63, 3.8) is 0 Å². The molecule has 2 atom stereocenters. The summed E-state index contributed by atoms with van der Waals surface area (Å²) in [6.07, 6.45) is 5.56. The molecule has 0 aliphatic heterocycles. The van der Waals surface area contributed by atoms with Crippen molar-refractivity contribution in [2.75, 3.05) is 6.54 Å². The SMILES string of the molecule is CC(C)(CNC(=O)C1CC2CCCC(C1)C2N)c1ccccc1Cl. The number of hydrogen-bond donors (Lipinski definition) is 2. The Morgan fingerprint density at radius 3 is 2.50 bits per heavy atom. The molecule has 1 aromatic rings. The quantitative estimate of drug-likeness (QED) is 0.867. The van der Waals surface area contributed by atoms with Crippen molar-refractivity contribution in [2.45, 2.75) is 57.4 Å². The van der Waals surface area contributed by atoms with Gasteiger partial charge in [-0.15, -0.1) is 0 Å². The number of carbonyl (C=O) groups is 1. The first-order valence-electron chi connectivity index (χ1n) is 9.17. The number of halogens is 1. The van der Waals surface area contributed by atoms with Gasteiger partial charge in [-0.3, -0.25) is 4.79 Å². The molecule has 3 nitrogen and oxygen atoms in total. The Morgan fingerprint density at radius 1 is 1.25 bits per heavy atom. The molecule has 2 aliphatic rings. The van der Waals surface area contributed by atoms with Crippen LogP contribution < -0.4 is 11.1 Å². The fourth-order valence-electron chi connectivity index (χ4n) is 4.56. The van der Waals surface area contributed by atoms with Crippen molar-refractivity contribution in [1.29, 1.82) is 0 Å². The van der Waals surface area contributed by atoms with Crippen LogP contribution in [0.2, 0.25) is 5.02 Å². The van der Waals surface area contributed by atoms with Gasteiger partial charge in [0, 0.05) is 28.9 Å². The van der Waals surface area contributed by atoms with Crippen LogP contribution in [0.15, 0.2) is 24.3 Å². The van der Waals surface area contributed by atoms with Crippen LogP contribution in [-0.2, 0) is 10.2 Å². The van der Waals surface area contributed by atoms with Crippen LogP contribution in [0.4, 0.5) is 0 Å². The summed E-state index contributed by atoms with van der Waals surface area (Å²) in [6.45, 7) is 4.85. The monoisotopic (exact) mass is 348 g/mol. The Hall–Kier alpha value is -1.06. The molecule has 2 bridgehead atoms. The predicted molar refractivity (Wildman–Crippen MR) is 99.0 cm³/mol. The normalized spacial score (nSPS) is 30.0. The standard InChI is InChI=1S/C20H29ClN2O/c1-20(2,16-8-3-4-9-17(16)21)12-23-19(24)15-10-13-6-5-7-14(11-15)18(13)22/h3-4,8-9,13-15,18H,5-7,10-12,22H2,1-2H3,(H,23,24). The van der Waals surface area contributed by atoms with E-state index in [4.69, 9.17) is 17.3 Å². The molecule has 0 aromatic heterocycles. The number of rotatable bonds is 4. The van der Waals surface area contributed by atoms with Gasteiger partial charge in [0.2, 0.25) is 5.91 Å². The lowest BCUT2D eigenvalue weighted by molar-refractivity contribution is -0.128. The third kappa shape index (κ3) is 3.62. The van der Waals surface area contributed by atoms with Gasteiger partial charge < -0.3 is 11.1 Å². The zero-order valence-electron chi connectivity index (χ0n) is 14.7. The van der Waals surface area contributed by atoms with E-state index in [1.807, 2.05) is 24.3 Å². The minimum atomic E-state index is -0.186. The van der Waals surface area contributed by atoms with Gasteiger partial charge in [-0.05, 0) is 49.1 Å². The average Bonchev–Trinajstić information content (AvgIpc) is 2.52. The minimum absolute atomic E-state index is 0.127. The maximum absolute atomic E-state index is 12.7. The number of benzene rings is 1. The molecule has 2 aliphatic carbocycles. The highest BCUT2D eigenvalue weighted by Crippen LogP contribution is 2.42. The summed E-state index contributed by atoms with van der Waals surface area (Å²) in [6, 6.07) is 8.18. The molecule has 2 unspecified atom stereocenters. The highest BCUT2D eigenvalue weighted by atomic mass is 35.5. The van der Waals surface area contributed by atoms with E-state index < -0.39 is 0 Å². The first-order valence-corrected chi connectivity index (χ1v) is 9.54. The van der Waals surface area contributed by atoms with Gasteiger partial charge in [0.15, 0.2) is 0 Å². The zero-order valence-corrected chi connectivity index (χ0v) is 15.5. The van der Waals surface area contributed by atoms with Gasteiger partial charge in [-0.25, -0.2) is 0 Å². The molecule has 4 heteroatoms. The Balaban J connectivity index is 1.60. The lowest BCUT2D eigenvalue weighted by atomic mass is 9.65. The summed E-state index contributed by atoms with van der Waals surface area (Å²) in [5, 5.41) is 3.94. The molecule has 132 valence electrons. The first-order chi connectivity index (χ1) is 11.4. The van der Waals surface area contributed by atoms with Crippen LogP contribution in [0.3, 0.4) is 0 Å². The predicted octanol–water partition coefficient (Wildman–Crippen LogP) is 3.89. The maximum atomic E-state index is 12.7. The largest absolute Gasteiger partial charge is 0.355 e. The molecule has 2 fully saturated rings. The number of carbonyl (C=O) groups excluding carboxylic acids is 1. The van der Waals surface area contributed by atoms with E-state index in [2.05, 4.69) is 19.2 Å². The smallest absolute Gasteiger partial charge is 0.223 e. The van der Waals surface area contributed by atoms with E-state index in [0.29, 0.717) is 24.4 Å². The second kappa shape index (κ2) is 7.05. The van der Waals surface area contributed by atoms with Gasteiger partial charge in [0.1, 0.15) is 0 Å². The summed E-state index contributed by atoms with van der Waals surface area (Å²) >= 11 is 6.33. The molecule has 0 spiro atoms. The molecule has 3 rings (SSSR count). The van der Waals surface area contributed by atoms with E-state index in [0.717, 1.165) is 23.4 Å². The zero-order chi connectivity index (χ0) is 17.3. The summed E-state index contributed by atoms with van der Waals surface area (Å²) in [5.41, 5.74) is 7.23. The van der Waals surface area contributed by atoms with Crippen molar-refractivity contribution in [3.05, 3.63) is 34.9 Å². The van der Waals surface area contributed by atoms with Crippen LogP contribution in [0.25, 0.3) is 0 Å². The number of hydrogen-bond acceptors (Lipinski definition) is 2. The number of amides is 1. The summed E-state index contributed by atoms with van der Waals surface area (Å²) in [7, 11) is 0. The molecular weight excluding hydrogens is 320 g/mol. The van der Waals surface area contributed by atoms with Crippen LogP contribution in [0.1, 0.15) is 51.5 Å². The molecule has 0 heterocycles. The molecule has 3 N–H and O–H groups in total. The van der Waals surface area contributed by atoms with Gasteiger partial charge in [0.05, 0.1) is 0 Å². The Bertz CT molecular complexity index is 587. The van der Waals surface area contributed by atoms with Gasteiger partial charge >= 0.3 is 0 Å². The van der Waals surface area contributed by atoms with Crippen molar-refractivity contribution >= 4 is 17.5 Å².